The summed E-state index contributed by atoms with van der Waals surface area (Å²) in [5, 5.41) is 13.0. The van der Waals surface area contributed by atoms with E-state index in [1.165, 1.54) is 40.8 Å². The van der Waals surface area contributed by atoms with Gasteiger partial charge in [-0.1, -0.05) is 42.1 Å². The lowest BCUT2D eigenvalue weighted by atomic mass is 10.1. The molecule has 0 saturated heterocycles. The molecule has 4 rings (SSSR count). The molecule has 0 fully saturated rings. The Balaban J connectivity index is 1.31. The van der Waals surface area contributed by atoms with Crippen LogP contribution in [-0.4, -0.2) is 33.4 Å². The second-order valence-corrected chi connectivity index (χ2v) is 9.07. The van der Waals surface area contributed by atoms with Gasteiger partial charge < -0.3 is 5.32 Å². The second kappa shape index (κ2) is 10.5. The molecule has 32 heavy (non-hydrogen) atoms. The summed E-state index contributed by atoms with van der Waals surface area (Å²) in [6.45, 7) is 2.53. The van der Waals surface area contributed by atoms with Gasteiger partial charge in [0.1, 0.15) is 21.5 Å². The number of halogens is 1. The zero-order valence-corrected chi connectivity index (χ0v) is 19.0. The Morgan fingerprint density at radius 3 is 2.53 bits per heavy atom. The summed E-state index contributed by atoms with van der Waals surface area (Å²) in [6, 6.07) is 20.1. The van der Waals surface area contributed by atoms with Gasteiger partial charge in [0, 0.05) is 12.1 Å². The maximum absolute atomic E-state index is 13.2. The fourth-order valence-corrected chi connectivity index (χ4v) is 4.73. The highest BCUT2D eigenvalue weighted by Gasteiger charge is 2.13. The third kappa shape index (κ3) is 5.77. The number of thioether (sulfide) groups is 1. The average Bonchev–Trinajstić information content (AvgIpc) is 3.21. The minimum atomic E-state index is -0.272. The van der Waals surface area contributed by atoms with Crippen LogP contribution in [0.2, 0.25) is 0 Å². The molecule has 1 N–H and O–H groups in total. The smallest absolute Gasteiger partial charge is 0.230 e. The number of amides is 1. The van der Waals surface area contributed by atoms with Crippen molar-refractivity contribution in [1.29, 1.82) is 0 Å². The largest absolute Gasteiger partial charge is 0.355 e. The van der Waals surface area contributed by atoms with E-state index in [0.29, 0.717) is 11.6 Å². The summed E-state index contributed by atoms with van der Waals surface area (Å²) in [6.07, 6.45) is 0.805. The molecule has 8 heteroatoms. The fraction of sp³-hybridized carbons (Fsp3) is 0.167. The summed E-state index contributed by atoms with van der Waals surface area (Å²) >= 11 is 2.85. The van der Waals surface area contributed by atoms with Crippen LogP contribution < -0.4 is 5.32 Å². The molecular formula is C24H21FN4OS2. The lowest BCUT2D eigenvalue weighted by molar-refractivity contribution is -0.118. The SMILES string of the molecule is Cc1nc(-c2ccc(F)cc2)sc1-c1ccc(SCC(=O)NCCc2ccccc2)nn1. The van der Waals surface area contributed by atoms with Gasteiger partial charge in [0.2, 0.25) is 5.91 Å². The van der Waals surface area contributed by atoms with Crippen molar-refractivity contribution in [2.24, 2.45) is 0 Å². The highest BCUT2D eigenvalue weighted by atomic mass is 32.2. The first-order valence-corrected chi connectivity index (χ1v) is 11.9. The Morgan fingerprint density at radius 2 is 1.81 bits per heavy atom. The lowest BCUT2D eigenvalue weighted by Gasteiger charge is -2.05. The first-order chi connectivity index (χ1) is 15.6. The van der Waals surface area contributed by atoms with Gasteiger partial charge in [-0.25, -0.2) is 9.37 Å². The lowest BCUT2D eigenvalue weighted by Crippen LogP contribution is -2.27. The van der Waals surface area contributed by atoms with Crippen LogP contribution in [0.1, 0.15) is 11.3 Å². The number of aromatic nitrogens is 3. The van der Waals surface area contributed by atoms with Crippen LogP contribution in [0.25, 0.3) is 21.1 Å². The van der Waals surface area contributed by atoms with Gasteiger partial charge in [-0.2, -0.15) is 0 Å². The van der Waals surface area contributed by atoms with E-state index in [4.69, 9.17) is 0 Å². The number of carbonyl (C=O) groups is 1. The van der Waals surface area contributed by atoms with E-state index in [9.17, 15) is 9.18 Å². The molecule has 0 bridgehead atoms. The molecule has 0 unspecified atom stereocenters. The van der Waals surface area contributed by atoms with Crippen molar-refractivity contribution < 1.29 is 9.18 Å². The summed E-state index contributed by atoms with van der Waals surface area (Å²) < 4.78 is 13.2. The van der Waals surface area contributed by atoms with Gasteiger partial charge in [-0.05, 0) is 55.3 Å². The van der Waals surface area contributed by atoms with Crippen molar-refractivity contribution in [2.75, 3.05) is 12.3 Å². The summed E-state index contributed by atoms with van der Waals surface area (Å²) in [5.74, 6) is -0.0120. The highest BCUT2D eigenvalue weighted by Crippen LogP contribution is 2.34. The molecule has 2 aromatic heterocycles. The van der Waals surface area contributed by atoms with Crippen LogP contribution in [0.15, 0.2) is 71.8 Å². The van der Waals surface area contributed by atoms with Gasteiger partial charge >= 0.3 is 0 Å². The van der Waals surface area contributed by atoms with E-state index in [2.05, 4.69) is 20.5 Å². The Bertz CT molecular complexity index is 1180. The summed E-state index contributed by atoms with van der Waals surface area (Å²) in [7, 11) is 0. The number of thiazole rings is 1. The van der Waals surface area contributed by atoms with Crippen molar-refractivity contribution in [3.8, 4) is 21.1 Å². The van der Waals surface area contributed by atoms with E-state index >= 15 is 0 Å². The van der Waals surface area contributed by atoms with E-state index in [1.807, 2.05) is 49.4 Å². The quantitative estimate of drug-likeness (QED) is 0.365. The average molecular weight is 465 g/mol. The Labute approximate surface area is 194 Å². The number of rotatable bonds is 8. The maximum Gasteiger partial charge on any atom is 0.230 e. The van der Waals surface area contributed by atoms with Crippen molar-refractivity contribution in [2.45, 2.75) is 18.4 Å². The first kappa shape index (κ1) is 22.1. The van der Waals surface area contributed by atoms with Crippen LogP contribution in [0.3, 0.4) is 0 Å². The second-order valence-electron chi connectivity index (χ2n) is 7.07. The number of carbonyl (C=O) groups excluding carboxylic acids is 1. The van der Waals surface area contributed by atoms with Crippen molar-refractivity contribution in [3.05, 3.63) is 83.8 Å². The van der Waals surface area contributed by atoms with E-state index < -0.39 is 0 Å². The minimum absolute atomic E-state index is 0.0287. The molecule has 2 aromatic carbocycles. The van der Waals surface area contributed by atoms with Gasteiger partial charge in [0.25, 0.3) is 0 Å². The van der Waals surface area contributed by atoms with Crippen molar-refractivity contribution in [1.82, 2.24) is 20.5 Å². The first-order valence-electron chi connectivity index (χ1n) is 10.1. The molecule has 5 nitrogen and oxygen atoms in total. The Hall–Kier alpha value is -3.10. The summed E-state index contributed by atoms with van der Waals surface area (Å²) in [4.78, 5) is 17.6. The zero-order chi connectivity index (χ0) is 22.3. The number of nitrogens with one attached hydrogen (secondary N) is 1. The van der Waals surface area contributed by atoms with Gasteiger partial charge in [0.15, 0.2) is 0 Å². The molecule has 0 aliphatic rings. The molecule has 162 valence electrons. The number of benzene rings is 2. The van der Waals surface area contributed by atoms with E-state index in [-0.39, 0.29) is 17.5 Å². The van der Waals surface area contributed by atoms with E-state index in [1.54, 1.807) is 12.1 Å². The number of hydrogen-bond donors (Lipinski definition) is 1. The number of hydrogen-bond acceptors (Lipinski definition) is 6. The van der Waals surface area contributed by atoms with Gasteiger partial charge in [-0.15, -0.1) is 21.5 Å². The Morgan fingerprint density at radius 1 is 1.03 bits per heavy atom. The third-order valence-electron chi connectivity index (χ3n) is 4.69. The maximum atomic E-state index is 13.2. The van der Waals surface area contributed by atoms with Gasteiger partial charge in [-0.3, -0.25) is 4.79 Å². The monoisotopic (exact) mass is 464 g/mol. The van der Waals surface area contributed by atoms with Crippen molar-refractivity contribution >= 4 is 29.0 Å². The summed E-state index contributed by atoms with van der Waals surface area (Å²) in [5.41, 5.74) is 3.64. The van der Waals surface area contributed by atoms with Gasteiger partial charge in [0.05, 0.1) is 16.3 Å². The molecule has 0 saturated carbocycles. The standard InChI is InChI=1S/C24H21FN4OS2/c1-16-23(32-24(27-16)18-7-9-19(25)10-8-18)20-11-12-22(29-28-20)31-15-21(30)26-14-13-17-5-3-2-4-6-17/h2-12H,13-15H2,1H3,(H,26,30). The molecule has 0 spiro atoms. The predicted molar refractivity (Wildman–Crippen MR) is 127 cm³/mol. The highest BCUT2D eigenvalue weighted by molar-refractivity contribution is 7.99. The minimum Gasteiger partial charge on any atom is -0.355 e. The molecule has 0 atom stereocenters. The topological polar surface area (TPSA) is 67.8 Å². The Kier molecular flexibility index (Phi) is 7.24. The molecule has 4 aromatic rings. The zero-order valence-electron chi connectivity index (χ0n) is 17.4. The predicted octanol–water partition coefficient (Wildman–Crippen LogP) is 5.17. The molecular weight excluding hydrogens is 443 g/mol. The fourth-order valence-electron chi connectivity index (χ4n) is 3.05. The van der Waals surface area contributed by atoms with Crippen molar-refractivity contribution in [3.63, 3.8) is 0 Å². The number of aryl methyl sites for hydroxylation is 1. The molecule has 0 radical (unpaired) electrons. The molecule has 0 aliphatic carbocycles. The van der Waals surface area contributed by atoms with Crippen LogP contribution in [0.5, 0.6) is 0 Å². The molecule has 2 heterocycles. The van der Waals surface area contributed by atoms with Crippen LogP contribution >= 0.6 is 23.1 Å². The van der Waals surface area contributed by atoms with Crippen LogP contribution in [-0.2, 0) is 11.2 Å². The molecule has 1 amide bonds. The number of nitrogens with zero attached hydrogens (tertiary/aromatic N) is 3. The molecule has 0 aliphatic heterocycles. The van der Waals surface area contributed by atoms with Crippen LogP contribution in [0, 0.1) is 12.7 Å². The third-order valence-corrected chi connectivity index (χ3v) is 6.84. The van der Waals surface area contributed by atoms with Crippen LogP contribution in [0.4, 0.5) is 4.39 Å². The van der Waals surface area contributed by atoms with E-state index in [0.717, 1.165) is 33.3 Å². The normalized spacial score (nSPS) is 10.8.